The van der Waals surface area contributed by atoms with Gasteiger partial charge in [-0.3, -0.25) is 0 Å². The lowest BCUT2D eigenvalue weighted by molar-refractivity contribution is -0.137. The molecule has 112 valence electrons. The van der Waals surface area contributed by atoms with Gasteiger partial charge >= 0.3 is 6.18 Å². The summed E-state index contributed by atoms with van der Waals surface area (Å²) in [6, 6.07) is 5.27. The van der Waals surface area contributed by atoms with Gasteiger partial charge < -0.3 is 5.11 Å². The Hall–Kier alpha value is -1.03. The summed E-state index contributed by atoms with van der Waals surface area (Å²) in [7, 11) is 0. The van der Waals surface area contributed by atoms with E-state index in [2.05, 4.69) is 0 Å². The number of aliphatic hydroxyl groups excluding tert-OH is 1. The van der Waals surface area contributed by atoms with Gasteiger partial charge in [0.05, 0.1) is 11.7 Å². The number of benzene rings is 1. The zero-order chi connectivity index (χ0) is 14.6. The van der Waals surface area contributed by atoms with Crippen molar-refractivity contribution in [3.63, 3.8) is 0 Å². The molecule has 1 aliphatic carbocycles. The van der Waals surface area contributed by atoms with Gasteiger partial charge in [0.15, 0.2) is 0 Å². The molecule has 1 saturated carbocycles. The van der Waals surface area contributed by atoms with Gasteiger partial charge in [-0.2, -0.15) is 13.2 Å². The molecule has 0 saturated heterocycles. The summed E-state index contributed by atoms with van der Waals surface area (Å²) in [5, 5.41) is 10.1. The standard InChI is InChI=1S/C16H21F3O/c17-16(18,19)14-8-4-7-13(9-14)11-15(20)10-12-5-2-1-3-6-12/h4,7-9,12,15,20H,1-3,5-6,10-11H2. The van der Waals surface area contributed by atoms with Crippen molar-refractivity contribution in [2.45, 2.75) is 57.2 Å². The second-order valence-corrected chi connectivity index (χ2v) is 5.80. The molecular weight excluding hydrogens is 265 g/mol. The molecule has 1 fully saturated rings. The first-order valence-electron chi connectivity index (χ1n) is 7.29. The Morgan fingerprint density at radius 1 is 1.15 bits per heavy atom. The molecule has 1 unspecified atom stereocenters. The lowest BCUT2D eigenvalue weighted by Crippen LogP contribution is -2.18. The van der Waals surface area contributed by atoms with Crippen molar-refractivity contribution in [3.05, 3.63) is 35.4 Å². The normalized spacial score (nSPS) is 19.0. The van der Waals surface area contributed by atoms with E-state index in [1.54, 1.807) is 6.07 Å². The minimum Gasteiger partial charge on any atom is -0.393 e. The maximum absolute atomic E-state index is 12.6. The van der Waals surface area contributed by atoms with Crippen LogP contribution < -0.4 is 0 Å². The van der Waals surface area contributed by atoms with Crippen LogP contribution in [0.25, 0.3) is 0 Å². The molecule has 0 aromatic heterocycles. The molecule has 0 aliphatic heterocycles. The molecule has 0 amide bonds. The monoisotopic (exact) mass is 286 g/mol. The van der Waals surface area contributed by atoms with Crippen LogP contribution in [0.5, 0.6) is 0 Å². The molecule has 1 aliphatic rings. The summed E-state index contributed by atoms with van der Waals surface area (Å²) >= 11 is 0. The van der Waals surface area contributed by atoms with Crippen LogP contribution in [-0.2, 0) is 12.6 Å². The van der Waals surface area contributed by atoms with Crippen LogP contribution in [0, 0.1) is 5.92 Å². The summed E-state index contributed by atoms with van der Waals surface area (Å²) in [6.45, 7) is 0. The maximum Gasteiger partial charge on any atom is 0.416 e. The zero-order valence-corrected chi connectivity index (χ0v) is 11.5. The summed E-state index contributed by atoms with van der Waals surface area (Å²) in [4.78, 5) is 0. The summed E-state index contributed by atoms with van der Waals surface area (Å²) < 4.78 is 37.8. The van der Waals surface area contributed by atoms with Crippen molar-refractivity contribution < 1.29 is 18.3 Å². The molecule has 0 spiro atoms. The molecule has 0 heterocycles. The number of alkyl halides is 3. The zero-order valence-electron chi connectivity index (χ0n) is 11.5. The number of hydrogen-bond acceptors (Lipinski definition) is 1. The second-order valence-electron chi connectivity index (χ2n) is 5.80. The van der Waals surface area contributed by atoms with E-state index in [0.29, 0.717) is 24.3 Å². The van der Waals surface area contributed by atoms with E-state index in [1.807, 2.05) is 0 Å². The molecule has 0 radical (unpaired) electrons. The van der Waals surface area contributed by atoms with Crippen molar-refractivity contribution in [3.8, 4) is 0 Å². The molecule has 1 nitrogen and oxygen atoms in total. The van der Waals surface area contributed by atoms with E-state index >= 15 is 0 Å². The predicted octanol–water partition coefficient (Wildman–Crippen LogP) is 4.58. The second kappa shape index (κ2) is 6.61. The van der Waals surface area contributed by atoms with Crippen LogP contribution in [0.15, 0.2) is 24.3 Å². The smallest absolute Gasteiger partial charge is 0.393 e. The Morgan fingerprint density at radius 3 is 2.50 bits per heavy atom. The van der Waals surface area contributed by atoms with E-state index in [1.165, 1.54) is 25.3 Å². The van der Waals surface area contributed by atoms with Gasteiger partial charge in [0.1, 0.15) is 0 Å². The van der Waals surface area contributed by atoms with Crippen LogP contribution in [0.1, 0.15) is 49.7 Å². The minimum absolute atomic E-state index is 0.306. The van der Waals surface area contributed by atoms with Gasteiger partial charge in [0, 0.05) is 0 Å². The average Bonchev–Trinajstić information content (AvgIpc) is 2.39. The third-order valence-electron chi connectivity index (χ3n) is 4.06. The molecule has 1 atom stereocenters. The molecule has 1 aromatic carbocycles. The maximum atomic E-state index is 12.6. The highest BCUT2D eigenvalue weighted by molar-refractivity contribution is 5.26. The Morgan fingerprint density at radius 2 is 1.85 bits per heavy atom. The van der Waals surface area contributed by atoms with E-state index in [0.717, 1.165) is 25.0 Å². The topological polar surface area (TPSA) is 20.2 Å². The van der Waals surface area contributed by atoms with Crippen molar-refractivity contribution >= 4 is 0 Å². The Bertz CT molecular complexity index is 422. The predicted molar refractivity (Wildman–Crippen MR) is 72.3 cm³/mol. The van der Waals surface area contributed by atoms with E-state index < -0.39 is 17.8 Å². The molecular formula is C16H21F3O. The highest BCUT2D eigenvalue weighted by atomic mass is 19.4. The van der Waals surface area contributed by atoms with E-state index in [9.17, 15) is 18.3 Å². The third-order valence-corrected chi connectivity index (χ3v) is 4.06. The highest BCUT2D eigenvalue weighted by Crippen LogP contribution is 2.31. The van der Waals surface area contributed by atoms with Crippen LogP contribution in [0.2, 0.25) is 0 Å². The fraction of sp³-hybridized carbons (Fsp3) is 0.625. The average molecular weight is 286 g/mol. The van der Waals surface area contributed by atoms with Crippen molar-refractivity contribution in [1.29, 1.82) is 0 Å². The first-order valence-corrected chi connectivity index (χ1v) is 7.29. The lowest BCUT2D eigenvalue weighted by Gasteiger charge is -2.24. The highest BCUT2D eigenvalue weighted by Gasteiger charge is 2.30. The summed E-state index contributed by atoms with van der Waals surface area (Å²) in [6.07, 6.45) is 2.11. The number of halogens is 3. The van der Waals surface area contributed by atoms with Crippen LogP contribution in [0.3, 0.4) is 0 Å². The quantitative estimate of drug-likeness (QED) is 0.859. The number of aliphatic hydroxyl groups is 1. The largest absolute Gasteiger partial charge is 0.416 e. The third kappa shape index (κ3) is 4.51. The fourth-order valence-corrected chi connectivity index (χ4v) is 3.04. The molecule has 20 heavy (non-hydrogen) atoms. The van der Waals surface area contributed by atoms with Crippen molar-refractivity contribution in [1.82, 2.24) is 0 Å². The Labute approximate surface area is 117 Å². The van der Waals surface area contributed by atoms with Gasteiger partial charge in [0.2, 0.25) is 0 Å². The van der Waals surface area contributed by atoms with Crippen molar-refractivity contribution in [2.75, 3.05) is 0 Å². The van der Waals surface area contributed by atoms with Crippen LogP contribution in [-0.4, -0.2) is 11.2 Å². The van der Waals surface area contributed by atoms with E-state index in [4.69, 9.17) is 0 Å². The molecule has 1 N–H and O–H groups in total. The Kier molecular flexibility index (Phi) is 5.08. The molecule has 1 aromatic rings. The van der Waals surface area contributed by atoms with Gasteiger partial charge in [-0.1, -0.05) is 50.3 Å². The van der Waals surface area contributed by atoms with E-state index in [-0.39, 0.29) is 0 Å². The molecule has 2 rings (SSSR count). The van der Waals surface area contributed by atoms with Crippen molar-refractivity contribution in [2.24, 2.45) is 5.92 Å². The van der Waals surface area contributed by atoms with Crippen LogP contribution in [0.4, 0.5) is 13.2 Å². The van der Waals surface area contributed by atoms with Crippen LogP contribution >= 0.6 is 0 Å². The Balaban J connectivity index is 1.92. The first-order chi connectivity index (χ1) is 9.45. The molecule has 0 bridgehead atoms. The van der Waals surface area contributed by atoms with Gasteiger partial charge in [-0.05, 0) is 30.4 Å². The molecule has 4 heteroatoms. The van der Waals surface area contributed by atoms with Gasteiger partial charge in [0.25, 0.3) is 0 Å². The summed E-state index contributed by atoms with van der Waals surface area (Å²) in [5.41, 5.74) is -0.0806. The SMILES string of the molecule is OC(Cc1cccc(C(F)(F)F)c1)CC1CCCCC1. The fourth-order valence-electron chi connectivity index (χ4n) is 3.04. The number of rotatable bonds is 4. The van der Waals surface area contributed by atoms with Gasteiger partial charge in [-0.15, -0.1) is 0 Å². The van der Waals surface area contributed by atoms with Gasteiger partial charge in [-0.25, -0.2) is 0 Å². The first kappa shape index (κ1) is 15.4. The lowest BCUT2D eigenvalue weighted by atomic mass is 9.84. The minimum atomic E-state index is -4.32. The summed E-state index contributed by atoms with van der Waals surface area (Å²) in [5.74, 6) is 0.532. The number of hydrogen-bond donors (Lipinski definition) is 1.